The second-order valence-corrected chi connectivity index (χ2v) is 4.20. The molecule has 5 nitrogen and oxygen atoms in total. The van der Waals surface area contributed by atoms with E-state index < -0.39 is 0 Å². The molecule has 1 aromatic rings. The van der Waals surface area contributed by atoms with Crippen molar-refractivity contribution in [3.8, 4) is 6.01 Å². The van der Waals surface area contributed by atoms with Crippen LogP contribution < -0.4 is 4.74 Å². The average Bonchev–Trinajstić information content (AvgIpc) is 2.27. The largest absolute Gasteiger partial charge is 0.463 e. The second-order valence-electron chi connectivity index (χ2n) is 3.52. The van der Waals surface area contributed by atoms with Crippen LogP contribution in [0.15, 0.2) is 0 Å². The number of ether oxygens (including phenoxy) is 2. The molecule has 0 amide bonds. The molecule has 16 heavy (non-hydrogen) atoms. The molecule has 1 aliphatic heterocycles. The topological polar surface area (TPSA) is 57.1 Å². The van der Waals surface area contributed by atoms with Crippen molar-refractivity contribution in [2.45, 2.75) is 12.8 Å². The van der Waals surface area contributed by atoms with E-state index in [1.165, 1.54) is 0 Å². The van der Waals surface area contributed by atoms with Crippen molar-refractivity contribution in [2.75, 3.05) is 19.8 Å². The van der Waals surface area contributed by atoms with Crippen molar-refractivity contribution in [2.24, 2.45) is 5.92 Å². The number of halogens is 2. The number of nitrogens with zero attached hydrogens (tertiary/aromatic N) is 3. The van der Waals surface area contributed by atoms with Gasteiger partial charge in [-0.2, -0.15) is 15.0 Å². The van der Waals surface area contributed by atoms with E-state index in [-0.39, 0.29) is 16.6 Å². The molecule has 0 aromatic carbocycles. The monoisotopic (exact) mass is 263 g/mol. The Morgan fingerprint density at radius 3 is 2.38 bits per heavy atom. The van der Waals surface area contributed by atoms with Gasteiger partial charge in [0, 0.05) is 13.2 Å². The van der Waals surface area contributed by atoms with Gasteiger partial charge in [-0.25, -0.2) is 0 Å². The maximum absolute atomic E-state index is 5.62. The molecular formula is C9H11Cl2N3O2. The van der Waals surface area contributed by atoms with Crippen molar-refractivity contribution >= 4 is 23.2 Å². The summed E-state index contributed by atoms with van der Waals surface area (Å²) in [6, 6.07) is 0.177. The summed E-state index contributed by atoms with van der Waals surface area (Å²) in [7, 11) is 0. The van der Waals surface area contributed by atoms with Gasteiger partial charge in [0.1, 0.15) is 0 Å². The Labute approximate surface area is 103 Å². The highest BCUT2D eigenvalue weighted by atomic mass is 35.5. The van der Waals surface area contributed by atoms with Crippen LogP contribution in [-0.4, -0.2) is 34.8 Å². The molecule has 2 rings (SSSR count). The molecule has 0 unspecified atom stereocenters. The minimum atomic E-state index is 0.0435. The highest BCUT2D eigenvalue weighted by Gasteiger charge is 2.15. The van der Waals surface area contributed by atoms with Gasteiger partial charge >= 0.3 is 6.01 Å². The molecule has 0 bridgehead atoms. The summed E-state index contributed by atoms with van der Waals surface area (Å²) in [4.78, 5) is 11.3. The van der Waals surface area contributed by atoms with Crippen LogP contribution in [0.25, 0.3) is 0 Å². The third kappa shape index (κ3) is 3.43. The number of aromatic nitrogens is 3. The quantitative estimate of drug-likeness (QED) is 0.835. The molecule has 0 spiro atoms. The van der Waals surface area contributed by atoms with E-state index >= 15 is 0 Å². The highest BCUT2D eigenvalue weighted by molar-refractivity contribution is 6.31. The van der Waals surface area contributed by atoms with E-state index in [2.05, 4.69) is 15.0 Å². The van der Waals surface area contributed by atoms with Crippen LogP contribution >= 0.6 is 23.2 Å². The molecule has 0 atom stereocenters. The third-order valence-electron chi connectivity index (χ3n) is 2.35. The standard InChI is InChI=1S/C9H11Cl2N3O2/c10-7-12-8(11)14-9(13-7)16-5-6-1-3-15-4-2-6/h6H,1-5H2. The number of hydrogen-bond acceptors (Lipinski definition) is 5. The summed E-state index contributed by atoms with van der Waals surface area (Å²) >= 11 is 11.2. The van der Waals surface area contributed by atoms with Crippen LogP contribution in [0.1, 0.15) is 12.8 Å². The highest BCUT2D eigenvalue weighted by Crippen LogP contribution is 2.17. The first-order chi connectivity index (χ1) is 7.74. The first-order valence-electron chi connectivity index (χ1n) is 5.01. The van der Waals surface area contributed by atoms with Crippen LogP contribution in [0, 0.1) is 5.92 Å². The van der Waals surface area contributed by atoms with Gasteiger partial charge in [-0.15, -0.1) is 0 Å². The van der Waals surface area contributed by atoms with Gasteiger partial charge < -0.3 is 9.47 Å². The van der Waals surface area contributed by atoms with E-state index in [0.29, 0.717) is 12.5 Å². The molecular weight excluding hydrogens is 253 g/mol. The van der Waals surface area contributed by atoms with E-state index in [1.807, 2.05) is 0 Å². The fraction of sp³-hybridized carbons (Fsp3) is 0.667. The van der Waals surface area contributed by atoms with E-state index in [0.717, 1.165) is 26.1 Å². The molecule has 88 valence electrons. The molecule has 7 heteroatoms. The van der Waals surface area contributed by atoms with E-state index in [9.17, 15) is 0 Å². The van der Waals surface area contributed by atoms with Gasteiger partial charge in [0.05, 0.1) is 6.61 Å². The molecule has 0 aliphatic carbocycles. The Bertz CT molecular complexity index is 338. The molecule has 1 aromatic heterocycles. The predicted molar refractivity (Wildman–Crippen MR) is 58.9 cm³/mol. The molecule has 0 radical (unpaired) electrons. The molecule has 2 heterocycles. The number of hydrogen-bond donors (Lipinski definition) is 0. The summed E-state index contributed by atoms with van der Waals surface area (Å²) < 4.78 is 10.7. The lowest BCUT2D eigenvalue weighted by Crippen LogP contribution is -2.22. The van der Waals surface area contributed by atoms with Crippen LogP contribution in [0.3, 0.4) is 0 Å². The van der Waals surface area contributed by atoms with E-state index in [1.54, 1.807) is 0 Å². The van der Waals surface area contributed by atoms with Gasteiger partial charge in [0.25, 0.3) is 0 Å². The van der Waals surface area contributed by atoms with Gasteiger partial charge in [-0.05, 0) is 42.0 Å². The second kappa shape index (κ2) is 5.61. The van der Waals surface area contributed by atoms with Crippen LogP contribution in [0.5, 0.6) is 6.01 Å². The van der Waals surface area contributed by atoms with E-state index in [4.69, 9.17) is 32.7 Å². The Hall–Kier alpha value is -0.650. The first kappa shape index (κ1) is 11.8. The summed E-state index contributed by atoms with van der Waals surface area (Å²) in [5.41, 5.74) is 0. The van der Waals surface area contributed by atoms with Crippen molar-refractivity contribution in [3.05, 3.63) is 10.6 Å². The zero-order valence-electron chi connectivity index (χ0n) is 8.53. The Morgan fingerprint density at radius 1 is 1.12 bits per heavy atom. The fourth-order valence-corrected chi connectivity index (χ4v) is 1.83. The number of rotatable bonds is 3. The molecule has 0 saturated carbocycles. The Balaban J connectivity index is 1.88. The molecule has 1 aliphatic rings. The zero-order chi connectivity index (χ0) is 11.4. The Kier molecular flexibility index (Phi) is 4.15. The smallest absolute Gasteiger partial charge is 0.322 e. The van der Waals surface area contributed by atoms with Crippen molar-refractivity contribution < 1.29 is 9.47 Å². The molecule has 0 N–H and O–H groups in total. The van der Waals surface area contributed by atoms with Gasteiger partial charge in [0.2, 0.25) is 10.6 Å². The lowest BCUT2D eigenvalue weighted by Gasteiger charge is -2.21. The van der Waals surface area contributed by atoms with Crippen molar-refractivity contribution in [1.29, 1.82) is 0 Å². The predicted octanol–water partition coefficient (Wildman–Crippen LogP) is 1.98. The average molecular weight is 264 g/mol. The first-order valence-corrected chi connectivity index (χ1v) is 5.77. The lowest BCUT2D eigenvalue weighted by molar-refractivity contribution is 0.0482. The zero-order valence-corrected chi connectivity index (χ0v) is 10.0. The minimum absolute atomic E-state index is 0.0435. The van der Waals surface area contributed by atoms with Crippen LogP contribution in [0.2, 0.25) is 10.6 Å². The summed E-state index contributed by atoms with van der Waals surface area (Å²) in [6.07, 6.45) is 1.99. The molecule has 1 saturated heterocycles. The van der Waals surface area contributed by atoms with Gasteiger partial charge in [0.15, 0.2) is 0 Å². The lowest BCUT2D eigenvalue weighted by atomic mass is 10.0. The maximum Gasteiger partial charge on any atom is 0.322 e. The summed E-state index contributed by atoms with van der Waals surface area (Å²) in [6.45, 7) is 2.12. The SMILES string of the molecule is Clc1nc(Cl)nc(OCC2CCOCC2)n1. The summed E-state index contributed by atoms with van der Waals surface area (Å²) in [5, 5.41) is 0.0870. The molecule has 1 fully saturated rings. The van der Waals surface area contributed by atoms with Crippen molar-refractivity contribution in [1.82, 2.24) is 15.0 Å². The van der Waals surface area contributed by atoms with Gasteiger partial charge in [-0.3, -0.25) is 0 Å². The third-order valence-corrected chi connectivity index (χ3v) is 2.69. The van der Waals surface area contributed by atoms with Crippen LogP contribution in [-0.2, 0) is 4.74 Å². The summed E-state index contributed by atoms with van der Waals surface area (Å²) in [5.74, 6) is 0.475. The maximum atomic E-state index is 5.62. The fourth-order valence-electron chi connectivity index (χ4n) is 1.48. The van der Waals surface area contributed by atoms with Crippen molar-refractivity contribution in [3.63, 3.8) is 0 Å². The minimum Gasteiger partial charge on any atom is -0.463 e. The normalized spacial score (nSPS) is 17.4. The van der Waals surface area contributed by atoms with Crippen LogP contribution in [0.4, 0.5) is 0 Å². The Morgan fingerprint density at radius 2 is 1.75 bits per heavy atom. The van der Waals surface area contributed by atoms with Gasteiger partial charge in [-0.1, -0.05) is 0 Å².